The molecule has 5 rings (SSSR count). The molecule has 1 aliphatic heterocycles. The van der Waals surface area contributed by atoms with Gasteiger partial charge in [-0.05, 0) is 54.1 Å². The van der Waals surface area contributed by atoms with Gasteiger partial charge in [0.1, 0.15) is 11.5 Å². The number of nitrogens with zero attached hydrogens (tertiary/aromatic N) is 4. The maximum atomic E-state index is 13.2. The second kappa shape index (κ2) is 11.7. The van der Waals surface area contributed by atoms with Gasteiger partial charge in [0, 0.05) is 38.3 Å². The summed E-state index contributed by atoms with van der Waals surface area (Å²) in [6, 6.07) is 18.6. The zero-order chi connectivity index (χ0) is 21.9. The van der Waals surface area contributed by atoms with Crippen LogP contribution in [0, 0.1) is 5.82 Å². The van der Waals surface area contributed by atoms with Gasteiger partial charge in [0.15, 0.2) is 5.76 Å². The zero-order valence-electron chi connectivity index (χ0n) is 19.1. The molecule has 0 aliphatic carbocycles. The van der Waals surface area contributed by atoms with E-state index in [9.17, 15) is 4.39 Å². The third-order valence-electron chi connectivity index (χ3n) is 6.20. The first-order chi connectivity index (χ1) is 15.7. The number of hydrogen-bond donors (Lipinski definition) is 0. The highest BCUT2D eigenvalue weighted by Gasteiger charge is 2.21. The van der Waals surface area contributed by atoms with Crippen molar-refractivity contribution in [2.24, 2.45) is 0 Å². The summed E-state index contributed by atoms with van der Waals surface area (Å²) in [4.78, 5) is 4.97. The molecule has 1 saturated heterocycles. The van der Waals surface area contributed by atoms with Crippen LogP contribution in [0.15, 0.2) is 77.5 Å². The van der Waals surface area contributed by atoms with E-state index >= 15 is 0 Å². The Labute approximate surface area is 212 Å². The van der Waals surface area contributed by atoms with Gasteiger partial charge in [0.05, 0.1) is 18.1 Å². The summed E-state index contributed by atoms with van der Waals surface area (Å²) in [6.45, 7) is 8.50. The Kier molecular flexibility index (Phi) is 8.91. The molecular formula is C26H29Cl2FN4O. The lowest BCUT2D eigenvalue weighted by molar-refractivity contribution is 0.132. The van der Waals surface area contributed by atoms with Gasteiger partial charge in [-0.1, -0.05) is 31.2 Å². The van der Waals surface area contributed by atoms with E-state index in [0.717, 1.165) is 73.1 Å². The van der Waals surface area contributed by atoms with Crippen molar-refractivity contribution in [3.05, 3.63) is 84.5 Å². The highest BCUT2D eigenvalue weighted by Crippen LogP contribution is 2.29. The Balaban J connectivity index is 0.00000162. The van der Waals surface area contributed by atoms with Crippen molar-refractivity contribution >= 4 is 24.8 Å². The number of piperazine rings is 1. The SMILES string of the molecule is CCN1CCN(Cc2cnn(-c3ccc(-c4ccc(F)cc4)cc3)c2-c2ccco2)CC1.Cl.Cl. The molecule has 8 heteroatoms. The van der Waals surface area contributed by atoms with Crippen molar-refractivity contribution in [2.45, 2.75) is 13.5 Å². The van der Waals surface area contributed by atoms with Crippen LogP contribution in [0.4, 0.5) is 4.39 Å². The second-order valence-corrected chi connectivity index (χ2v) is 8.17. The predicted octanol–water partition coefficient (Wildman–Crippen LogP) is 5.92. The fourth-order valence-corrected chi connectivity index (χ4v) is 4.31. The Hall–Kier alpha value is -2.64. The molecule has 0 bridgehead atoms. The summed E-state index contributed by atoms with van der Waals surface area (Å²) in [5.41, 5.74) is 5.13. The summed E-state index contributed by atoms with van der Waals surface area (Å²) in [5, 5.41) is 4.72. The average molecular weight is 503 g/mol. The van der Waals surface area contributed by atoms with Crippen LogP contribution in [0.2, 0.25) is 0 Å². The van der Waals surface area contributed by atoms with Crippen LogP contribution in [-0.4, -0.2) is 52.3 Å². The molecule has 1 aliphatic rings. The van der Waals surface area contributed by atoms with Crippen LogP contribution in [-0.2, 0) is 6.54 Å². The summed E-state index contributed by atoms with van der Waals surface area (Å²) >= 11 is 0. The predicted molar refractivity (Wildman–Crippen MR) is 139 cm³/mol. The number of furan rings is 1. The minimum absolute atomic E-state index is 0. The summed E-state index contributed by atoms with van der Waals surface area (Å²) < 4.78 is 21.0. The third kappa shape index (κ3) is 5.53. The quantitative estimate of drug-likeness (QED) is 0.328. The molecule has 0 unspecified atom stereocenters. The van der Waals surface area contributed by atoms with Crippen LogP contribution in [0.3, 0.4) is 0 Å². The van der Waals surface area contributed by atoms with Crippen molar-refractivity contribution in [3.63, 3.8) is 0 Å². The molecule has 2 aromatic heterocycles. The Bertz CT molecular complexity index is 1150. The maximum Gasteiger partial charge on any atom is 0.152 e. The second-order valence-electron chi connectivity index (χ2n) is 8.17. The minimum Gasteiger partial charge on any atom is -0.463 e. The normalized spacial score (nSPS) is 14.4. The van der Waals surface area contributed by atoms with E-state index in [-0.39, 0.29) is 30.6 Å². The summed E-state index contributed by atoms with van der Waals surface area (Å²) in [6.07, 6.45) is 3.66. The largest absolute Gasteiger partial charge is 0.463 e. The summed E-state index contributed by atoms with van der Waals surface area (Å²) in [5.74, 6) is 0.584. The molecule has 0 amide bonds. The molecule has 34 heavy (non-hydrogen) atoms. The van der Waals surface area contributed by atoms with Gasteiger partial charge in [-0.25, -0.2) is 9.07 Å². The fourth-order valence-electron chi connectivity index (χ4n) is 4.31. The molecule has 0 saturated carbocycles. The highest BCUT2D eigenvalue weighted by molar-refractivity contribution is 5.85. The van der Waals surface area contributed by atoms with Crippen molar-refractivity contribution in [1.29, 1.82) is 0 Å². The Morgan fingerprint density at radius 3 is 2.06 bits per heavy atom. The first kappa shape index (κ1) is 26.0. The Morgan fingerprint density at radius 1 is 0.853 bits per heavy atom. The number of halogens is 3. The zero-order valence-corrected chi connectivity index (χ0v) is 20.7. The Morgan fingerprint density at radius 2 is 1.47 bits per heavy atom. The van der Waals surface area contributed by atoms with Crippen LogP contribution >= 0.6 is 24.8 Å². The molecule has 0 radical (unpaired) electrons. The topological polar surface area (TPSA) is 37.4 Å². The van der Waals surface area contributed by atoms with Gasteiger partial charge in [-0.3, -0.25) is 4.90 Å². The lowest BCUT2D eigenvalue weighted by atomic mass is 10.1. The smallest absolute Gasteiger partial charge is 0.152 e. The van der Waals surface area contributed by atoms with Crippen LogP contribution in [0.25, 0.3) is 28.3 Å². The van der Waals surface area contributed by atoms with Gasteiger partial charge in [-0.15, -0.1) is 24.8 Å². The van der Waals surface area contributed by atoms with E-state index in [2.05, 4.69) is 16.7 Å². The van der Waals surface area contributed by atoms with Crippen LogP contribution < -0.4 is 0 Å². The first-order valence-electron chi connectivity index (χ1n) is 11.1. The lowest BCUT2D eigenvalue weighted by Crippen LogP contribution is -2.45. The van der Waals surface area contributed by atoms with Gasteiger partial charge in [0.2, 0.25) is 0 Å². The average Bonchev–Trinajstić information content (AvgIpc) is 3.50. The monoisotopic (exact) mass is 502 g/mol. The van der Waals surface area contributed by atoms with Crippen molar-refractivity contribution < 1.29 is 8.81 Å². The van der Waals surface area contributed by atoms with Gasteiger partial charge >= 0.3 is 0 Å². The van der Waals surface area contributed by atoms with E-state index in [0.29, 0.717) is 0 Å². The van der Waals surface area contributed by atoms with Crippen LogP contribution in [0.1, 0.15) is 12.5 Å². The first-order valence-corrected chi connectivity index (χ1v) is 11.1. The molecule has 0 atom stereocenters. The molecule has 0 spiro atoms. The van der Waals surface area contributed by atoms with E-state index in [1.165, 1.54) is 12.1 Å². The number of hydrogen-bond acceptors (Lipinski definition) is 4. The molecule has 2 aromatic carbocycles. The molecule has 1 fully saturated rings. The van der Waals surface area contributed by atoms with Gasteiger partial charge < -0.3 is 9.32 Å². The van der Waals surface area contributed by atoms with Gasteiger partial charge in [-0.2, -0.15) is 5.10 Å². The fraction of sp³-hybridized carbons (Fsp3) is 0.269. The summed E-state index contributed by atoms with van der Waals surface area (Å²) in [7, 11) is 0. The number of benzene rings is 2. The standard InChI is InChI=1S/C26H27FN4O.2ClH/c1-2-29-13-15-30(16-14-29)19-22-18-28-31(26(22)25-4-3-17-32-25)24-11-7-21(8-12-24)20-5-9-23(27)10-6-20;;/h3-12,17-18H,2,13-16,19H2,1H3;2*1H. The van der Waals surface area contributed by atoms with E-state index < -0.39 is 0 Å². The van der Waals surface area contributed by atoms with E-state index in [4.69, 9.17) is 9.52 Å². The molecule has 0 N–H and O–H groups in total. The van der Waals surface area contributed by atoms with Crippen LogP contribution in [0.5, 0.6) is 0 Å². The van der Waals surface area contributed by atoms with E-state index in [1.54, 1.807) is 18.4 Å². The lowest BCUT2D eigenvalue weighted by Gasteiger charge is -2.33. The van der Waals surface area contributed by atoms with Crippen molar-refractivity contribution in [2.75, 3.05) is 32.7 Å². The highest BCUT2D eigenvalue weighted by atomic mass is 35.5. The number of aromatic nitrogens is 2. The van der Waals surface area contributed by atoms with Gasteiger partial charge in [0.25, 0.3) is 0 Å². The molecule has 3 heterocycles. The van der Waals surface area contributed by atoms with E-state index in [1.807, 2.05) is 47.3 Å². The molecular weight excluding hydrogens is 474 g/mol. The minimum atomic E-state index is -0.228. The van der Waals surface area contributed by atoms with Crippen molar-refractivity contribution in [1.82, 2.24) is 19.6 Å². The number of rotatable bonds is 6. The maximum absolute atomic E-state index is 13.2. The molecule has 180 valence electrons. The van der Waals surface area contributed by atoms with Crippen molar-refractivity contribution in [3.8, 4) is 28.3 Å². The third-order valence-corrected chi connectivity index (χ3v) is 6.20. The number of likely N-dealkylation sites (N-methyl/N-ethyl adjacent to an activating group) is 1. The molecule has 4 aromatic rings. The molecule has 5 nitrogen and oxygen atoms in total.